The van der Waals surface area contributed by atoms with Gasteiger partial charge in [0.15, 0.2) is 11.6 Å². The van der Waals surface area contributed by atoms with Gasteiger partial charge in [-0.25, -0.2) is 9.37 Å². The molecule has 2 N–H and O–H groups in total. The number of halogens is 1. The maximum absolute atomic E-state index is 13.7. The predicted octanol–water partition coefficient (Wildman–Crippen LogP) is 2.99. The second kappa shape index (κ2) is 5.24. The number of aromatic nitrogens is 3. The smallest absolute Gasteiger partial charge is 0.185 e. The summed E-state index contributed by atoms with van der Waals surface area (Å²) in [5.41, 5.74) is 0.729. The zero-order chi connectivity index (χ0) is 14.8. The summed E-state index contributed by atoms with van der Waals surface area (Å²) in [6.45, 7) is 0. The first-order valence-corrected chi connectivity index (χ1v) is 6.23. The molecule has 3 aromatic rings. The van der Waals surface area contributed by atoms with Crippen LogP contribution in [0.15, 0.2) is 42.5 Å². The van der Waals surface area contributed by atoms with Gasteiger partial charge in [0.2, 0.25) is 0 Å². The van der Waals surface area contributed by atoms with Gasteiger partial charge >= 0.3 is 0 Å². The Balaban J connectivity index is 2.05. The number of aromatic hydroxyl groups is 1. The lowest BCUT2D eigenvalue weighted by Gasteiger charge is -2.03. The van der Waals surface area contributed by atoms with E-state index in [1.54, 1.807) is 30.3 Å². The Hall–Kier alpha value is -2.89. The van der Waals surface area contributed by atoms with Gasteiger partial charge in [-0.1, -0.05) is 12.1 Å². The van der Waals surface area contributed by atoms with E-state index in [0.717, 1.165) is 0 Å². The van der Waals surface area contributed by atoms with Gasteiger partial charge in [0.25, 0.3) is 0 Å². The number of phenols is 1. The van der Waals surface area contributed by atoms with Gasteiger partial charge in [-0.3, -0.25) is 5.10 Å². The van der Waals surface area contributed by atoms with Crippen molar-refractivity contribution in [3.8, 4) is 34.3 Å². The molecule has 0 spiro atoms. The Morgan fingerprint density at radius 1 is 1.14 bits per heavy atom. The zero-order valence-corrected chi connectivity index (χ0v) is 11.2. The lowest BCUT2D eigenvalue weighted by Crippen LogP contribution is -1.87. The molecular formula is C15H12FN3O2. The van der Waals surface area contributed by atoms with Crippen LogP contribution in [0.1, 0.15) is 0 Å². The first-order chi connectivity index (χ1) is 10.2. The topological polar surface area (TPSA) is 71.0 Å². The molecule has 0 fully saturated rings. The van der Waals surface area contributed by atoms with Crippen LogP contribution in [0, 0.1) is 5.82 Å². The van der Waals surface area contributed by atoms with Crippen molar-refractivity contribution in [2.24, 2.45) is 0 Å². The molecule has 21 heavy (non-hydrogen) atoms. The molecule has 0 unspecified atom stereocenters. The molecule has 6 heteroatoms. The Labute approximate surface area is 120 Å². The van der Waals surface area contributed by atoms with Crippen LogP contribution in [0.3, 0.4) is 0 Å². The number of rotatable bonds is 3. The molecule has 106 valence electrons. The maximum atomic E-state index is 13.7. The first kappa shape index (κ1) is 13.1. The minimum atomic E-state index is -0.393. The van der Waals surface area contributed by atoms with Crippen LogP contribution < -0.4 is 4.74 Å². The Morgan fingerprint density at radius 3 is 2.71 bits per heavy atom. The molecule has 0 atom stereocenters. The first-order valence-electron chi connectivity index (χ1n) is 6.23. The molecule has 1 aromatic heterocycles. The Morgan fingerprint density at radius 2 is 1.95 bits per heavy atom. The van der Waals surface area contributed by atoms with Crippen LogP contribution in [-0.4, -0.2) is 27.4 Å². The third kappa shape index (κ3) is 2.43. The van der Waals surface area contributed by atoms with Crippen molar-refractivity contribution in [1.82, 2.24) is 15.2 Å². The van der Waals surface area contributed by atoms with Crippen LogP contribution in [0.2, 0.25) is 0 Å². The number of benzene rings is 2. The molecule has 1 heterocycles. The van der Waals surface area contributed by atoms with Crippen LogP contribution in [0.25, 0.3) is 22.8 Å². The highest BCUT2D eigenvalue weighted by Crippen LogP contribution is 2.31. The average molecular weight is 285 g/mol. The number of H-pyrrole nitrogens is 1. The van der Waals surface area contributed by atoms with Crippen molar-refractivity contribution < 1.29 is 14.2 Å². The number of nitrogens with one attached hydrogen (secondary N) is 1. The normalized spacial score (nSPS) is 10.6. The van der Waals surface area contributed by atoms with Gasteiger partial charge in [0.1, 0.15) is 17.3 Å². The fourth-order valence-corrected chi connectivity index (χ4v) is 1.98. The van der Waals surface area contributed by atoms with Gasteiger partial charge in [0, 0.05) is 0 Å². The van der Waals surface area contributed by atoms with Crippen molar-refractivity contribution in [3.05, 3.63) is 48.3 Å². The van der Waals surface area contributed by atoms with Crippen LogP contribution in [-0.2, 0) is 0 Å². The summed E-state index contributed by atoms with van der Waals surface area (Å²) in [6, 6.07) is 11.0. The van der Waals surface area contributed by atoms with E-state index in [9.17, 15) is 9.50 Å². The quantitative estimate of drug-likeness (QED) is 0.776. The van der Waals surface area contributed by atoms with E-state index >= 15 is 0 Å². The molecule has 5 nitrogen and oxygen atoms in total. The molecule has 0 aliphatic rings. The monoisotopic (exact) mass is 285 g/mol. The molecule has 2 aromatic carbocycles. The van der Waals surface area contributed by atoms with Gasteiger partial charge in [-0.2, -0.15) is 5.10 Å². The minimum absolute atomic E-state index is 0.0230. The van der Waals surface area contributed by atoms with Crippen molar-refractivity contribution >= 4 is 0 Å². The predicted molar refractivity (Wildman–Crippen MR) is 75.4 cm³/mol. The highest BCUT2D eigenvalue weighted by Gasteiger charge is 2.14. The van der Waals surface area contributed by atoms with Gasteiger partial charge in [-0.15, -0.1) is 0 Å². The highest BCUT2D eigenvalue weighted by molar-refractivity contribution is 5.68. The summed E-state index contributed by atoms with van der Waals surface area (Å²) in [5.74, 6) is 0.764. The summed E-state index contributed by atoms with van der Waals surface area (Å²) in [5, 5.41) is 16.6. The van der Waals surface area contributed by atoms with Crippen LogP contribution in [0.5, 0.6) is 11.5 Å². The third-order valence-corrected chi connectivity index (χ3v) is 3.06. The lowest BCUT2D eigenvalue weighted by atomic mass is 10.1. The third-order valence-electron chi connectivity index (χ3n) is 3.06. The number of methoxy groups -OCH3 is 1. The van der Waals surface area contributed by atoms with Crippen LogP contribution in [0.4, 0.5) is 4.39 Å². The van der Waals surface area contributed by atoms with E-state index in [2.05, 4.69) is 15.2 Å². The SMILES string of the molecule is COc1ccc(O)c(-c2n[nH]c(-c3ccccc3F)n2)c1. The van der Waals surface area contributed by atoms with Crippen molar-refractivity contribution in [2.75, 3.05) is 7.11 Å². The van der Waals surface area contributed by atoms with Gasteiger partial charge < -0.3 is 9.84 Å². The minimum Gasteiger partial charge on any atom is -0.507 e. The van der Waals surface area contributed by atoms with E-state index in [1.807, 2.05) is 0 Å². The molecular weight excluding hydrogens is 273 g/mol. The number of ether oxygens (including phenoxy) is 1. The number of hydrogen-bond acceptors (Lipinski definition) is 4. The summed E-state index contributed by atoms with van der Waals surface area (Å²) in [6.07, 6.45) is 0. The molecule has 0 saturated carbocycles. The van der Waals surface area contributed by atoms with Crippen molar-refractivity contribution in [1.29, 1.82) is 0 Å². The summed E-state index contributed by atoms with van der Waals surface area (Å²) < 4.78 is 18.8. The Bertz CT molecular complexity index is 786. The fraction of sp³-hybridized carbons (Fsp3) is 0.0667. The zero-order valence-electron chi connectivity index (χ0n) is 11.2. The van der Waals surface area contributed by atoms with Crippen LogP contribution >= 0.6 is 0 Å². The molecule has 0 aliphatic heterocycles. The number of nitrogens with zero attached hydrogens (tertiary/aromatic N) is 2. The average Bonchev–Trinajstić information content (AvgIpc) is 2.97. The van der Waals surface area contributed by atoms with Crippen molar-refractivity contribution in [2.45, 2.75) is 0 Å². The molecule has 0 amide bonds. The van der Waals surface area contributed by atoms with E-state index in [-0.39, 0.29) is 11.6 Å². The molecule has 0 saturated heterocycles. The number of aromatic amines is 1. The maximum Gasteiger partial charge on any atom is 0.185 e. The second-order valence-electron chi connectivity index (χ2n) is 4.37. The standard InChI is InChI=1S/C15H12FN3O2/c1-21-9-6-7-13(20)11(8-9)15-17-14(18-19-15)10-4-2-3-5-12(10)16/h2-8,20H,1H3,(H,17,18,19). The molecule has 3 rings (SSSR count). The summed E-state index contributed by atoms with van der Waals surface area (Å²) >= 11 is 0. The highest BCUT2D eigenvalue weighted by atomic mass is 19.1. The van der Waals surface area contributed by atoms with Gasteiger partial charge in [-0.05, 0) is 30.3 Å². The van der Waals surface area contributed by atoms with E-state index in [1.165, 1.54) is 19.2 Å². The van der Waals surface area contributed by atoms with E-state index in [4.69, 9.17) is 4.74 Å². The Kier molecular flexibility index (Phi) is 3.27. The fourth-order valence-electron chi connectivity index (χ4n) is 1.98. The van der Waals surface area contributed by atoms with E-state index in [0.29, 0.717) is 22.7 Å². The molecule has 0 aliphatic carbocycles. The second-order valence-corrected chi connectivity index (χ2v) is 4.37. The largest absolute Gasteiger partial charge is 0.507 e. The lowest BCUT2D eigenvalue weighted by molar-refractivity contribution is 0.412. The molecule has 0 radical (unpaired) electrons. The summed E-state index contributed by atoms with van der Waals surface area (Å²) in [7, 11) is 1.53. The number of hydrogen-bond donors (Lipinski definition) is 2. The number of phenolic OH excluding ortho intramolecular Hbond substituents is 1. The van der Waals surface area contributed by atoms with E-state index < -0.39 is 5.82 Å². The van der Waals surface area contributed by atoms with Crippen molar-refractivity contribution in [3.63, 3.8) is 0 Å². The summed E-state index contributed by atoms with van der Waals surface area (Å²) in [4.78, 5) is 4.23. The molecule has 0 bridgehead atoms. The van der Waals surface area contributed by atoms with Gasteiger partial charge in [0.05, 0.1) is 18.2 Å².